The second-order valence-electron chi connectivity index (χ2n) is 4.78. The Labute approximate surface area is 105 Å². The van der Waals surface area contributed by atoms with Gasteiger partial charge in [0.1, 0.15) is 5.82 Å². The van der Waals surface area contributed by atoms with Gasteiger partial charge in [0.15, 0.2) is 10.8 Å². The van der Waals surface area contributed by atoms with Crippen LogP contribution in [0.25, 0.3) is 5.65 Å². The van der Waals surface area contributed by atoms with Crippen molar-refractivity contribution in [3.8, 4) is 0 Å². The van der Waals surface area contributed by atoms with Gasteiger partial charge in [0.25, 0.3) is 0 Å². The summed E-state index contributed by atoms with van der Waals surface area (Å²) in [5, 5.41) is 8.97. The van der Waals surface area contributed by atoms with Crippen LogP contribution in [0.1, 0.15) is 44.9 Å². The molecule has 2 heterocycles. The lowest BCUT2D eigenvalue weighted by Crippen LogP contribution is -2.24. The summed E-state index contributed by atoms with van der Waals surface area (Å²) >= 11 is 6.03. The predicted octanol–water partition coefficient (Wildman–Crippen LogP) is 3.00. The van der Waals surface area contributed by atoms with Crippen LogP contribution in [0.15, 0.2) is 12.4 Å². The molecule has 17 heavy (non-hydrogen) atoms. The highest BCUT2D eigenvalue weighted by Gasteiger charge is 2.38. The zero-order chi connectivity index (χ0) is 11.9. The fraction of sp³-hybridized carbons (Fsp3) is 0.583. The number of fused-ring (bicyclic) bond motifs is 1. The molecule has 0 atom stereocenters. The van der Waals surface area contributed by atoms with E-state index in [0.717, 1.165) is 12.2 Å². The quantitative estimate of drug-likeness (QED) is 0.823. The van der Waals surface area contributed by atoms with E-state index in [9.17, 15) is 0 Å². The molecular formula is C12H15ClN4. The van der Waals surface area contributed by atoms with Crippen molar-refractivity contribution in [3.05, 3.63) is 23.4 Å². The van der Waals surface area contributed by atoms with Gasteiger partial charge in [-0.05, 0) is 19.3 Å². The molecule has 0 aliphatic heterocycles. The largest absolute Gasteiger partial charge is 0.282 e. The topological polar surface area (TPSA) is 43.1 Å². The van der Waals surface area contributed by atoms with Crippen molar-refractivity contribution in [2.24, 2.45) is 0 Å². The lowest BCUT2D eigenvalue weighted by atomic mass is 9.82. The van der Waals surface area contributed by atoms with E-state index in [1.54, 1.807) is 6.20 Å². The van der Waals surface area contributed by atoms with Crippen LogP contribution in [-0.2, 0) is 5.41 Å². The number of hydrogen-bond donors (Lipinski definition) is 0. The first kappa shape index (κ1) is 11.0. The molecule has 1 aliphatic rings. The molecule has 2 aromatic heterocycles. The van der Waals surface area contributed by atoms with E-state index in [2.05, 4.69) is 22.1 Å². The number of halogens is 1. The van der Waals surface area contributed by atoms with Crippen LogP contribution in [0.4, 0.5) is 0 Å². The molecule has 5 heteroatoms. The van der Waals surface area contributed by atoms with Gasteiger partial charge in [0.2, 0.25) is 0 Å². The Morgan fingerprint density at radius 2 is 2.12 bits per heavy atom. The van der Waals surface area contributed by atoms with Crippen molar-refractivity contribution < 1.29 is 0 Å². The molecule has 0 saturated heterocycles. The number of nitrogens with zero attached hydrogens (tertiary/aromatic N) is 4. The van der Waals surface area contributed by atoms with E-state index in [4.69, 9.17) is 11.6 Å². The predicted molar refractivity (Wildman–Crippen MR) is 66.2 cm³/mol. The van der Waals surface area contributed by atoms with Crippen LogP contribution in [0.5, 0.6) is 0 Å². The average molecular weight is 251 g/mol. The molecule has 3 rings (SSSR count). The Bertz CT molecular complexity index is 542. The smallest absolute Gasteiger partial charge is 0.198 e. The van der Waals surface area contributed by atoms with Crippen LogP contribution in [0.2, 0.25) is 5.15 Å². The summed E-state index contributed by atoms with van der Waals surface area (Å²) < 4.78 is 2.00. The lowest BCUT2D eigenvalue weighted by Gasteiger charge is -2.25. The monoisotopic (exact) mass is 250 g/mol. The van der Waals surface area contributed by atoms with Crippen molar-refractivity contribution in [3.63, 3.8) is 0 Å². The van der Waals surface area contributed by atoms with Gasteiger partial charge < -0.3 is 0 Å². The average Bonchev–Trinajstić information content (AvgIpc) is 2.96. The first-order valence-corrected chi connectivity index (χ1v) is 6.50. The third-order valence-electron chi connectivity index (χ3n) is 4.00. The zero-order valence-corrected chi connectivity index (χ0v) is 10.6. The minimum atomic E-state index is 0.185. The molecular weight excluding hydrogens is 236 g/mol. The minimum Gasteiger partial charge on any atom is -0.282 e. The molecule has 0 amide bonds. The van der Waals surface area contributed by atoms with Crippen molar-refractivity contribution in [2.45, 2.75) is 44.4 Å². The maximum absolute atomic E-state index is 6.03. The van der Waals surface area contributed by atoms with Crippen molar-refractivity contribution >= 4 is 17.2 Å². The molecule has 0 bridgehead atoms. The van der Waals surface area contributed by atoms with Gasteiger partial charge in [-0.2, -0.15) is 0 Å². The second kappa shape index (κ2) is 3.95. The maximum atomic E-state index is 6.03. The third-order valence-corrected chi connectivity index (χ3v) is 4.26. The summed E-state index contributed by atoms with van der Waals surface area (Å²) in [4.78, 5) is 4.04. The summed E-state index contributed by atoms with van der Waals surface area (Å²) in [7, 11) is 0. The minimum absolute atomic E-state index is 0.185. The fourth-order valence-electron chi connectivity index (χ4n) is 2.95. The standard InChI is InChI=1S/C12H15ClN4/c1-2-12(5-3-4-6-12)11-16-15-10-9(13)14-7-8-17(10)11/h7-8H,2-6H2,1H3. The van der Waals surface area contributed by atoms with Gasteiger partial charge in [-0.15, -0.1) is 10.2 Å². The van der Waals surface area contributed by atoms with E-state index in [-0.39, 0.29) is 5.41 Å². The van der Waals surface area contributed by atoms with Crippen LogP contribution in [0, 0.1) is 0 Å². The summed E-state index contributed by atoms with van der Waals surface area (Å²) in [6.07, 6.45) is 9.68. The van der Waals surface area contributed by atoms with Gasteiger partial charge in [0.05, 0.1) is 0 Å². The van der Waals surface area contributed by atoms with Crippen LogP contribution in [-0.4, -0.2) is 19.6 Å². The summed E-state index contributed by atoms with van der Waals surface area (Å²) in [6, 6.07) is 0. The highest BCUT2D eigenvalue weighted by molar-refractivity contribution is 6.32. The van der Waals surface area contributed by atoms with Crippen molar-refractivity contribution in [1.29, 1.82) is 0 Å². The van der Waals surface area contributed by atoms with Crippen LogP contribution in [0.3, 0.4) is 0 Å². The Balaban J connectivity index is 2.20. The normalized spacial score (nSPS) is 18.9. The Kier molecular flexibility index (Phi) is 2.54. The molecule has 0 N–H and O–H groups in total. The summed E-state index contributed by atoms with van der Waals surface area (Å²) in [5.74, 6) is 1.05. The lowest BCUT2D eigenvalue weighted by molar-refractivity contribution is 0.395. The number of hydrogen-bond acceptors (Lipinski definition) is 3. The fourth-order valence-corrected chi connectivity index (χ4v) is 3.13. The van der Waals surface area contributed by atoms with E-state index >= 15 is 0 Å². The maximum Gasteiger partial charge on any atom is 0.198 e. The molecule has 0 aromatic carbocycles. The van der Waals surface area contributed by atoms with Crippen LogP contribution < -0.4 is 0 Å². The van der Waals surface area contributed by atoms with E-state index in [1.807, 2.05) is 10.6 Å². The first-order chi connectivity index (χ1) is 8.27. The van der Waals surface area contributed by atoms with Gasteiger partial charge in [-0.1, -0.05) is 31.4 Å². The Morgan fingerprint density at radius 1 is 1.35 bits per heavy atom. The van der Waals surface area contributed by atoms with Crippen molar-refractivity contribution in [2.75, 3.05) is 0 Å². The molecule has 0 radical (unpaired) electrons. The molecule has 90 valence electrons. The van der Waals surface area contributed by atoms with Gasteiger partial charge in [0, 0.05) is 17.8 Å². The van der Waals surface area contributed by atoms with Gasteiger partial charge in [-0.25, -0.2) is 4.98 Å². The Morgan fingerprint density at radius 3 is 2.82 bits per heavy atom. The Hall–Kier alpha value is -1.16. The SMILES string of the molecule is CCC1(c2nnc3c(Cl)nccn23)CCCC1. The van der Waals surface area contributed by atoms with Crippen molar-refractivity contribution in [1.82, 2.24) is 19.6 Å². The summed E-state index contributed by atoms with van der Waals surface area (Å²) in [6.45, 7) is 2.23. The second-order valence-corrected chi connectivity index (χ2v) is 5.13. The van der Waals surface area contributed by atoms with Gasteiger partial charge in [-0.3, -0.25) is 4.40 Å². The number of aromatic nitrogens is 4. The molecule has 4 nitrogen and oxygen atoms in total. The third kappa shape index (κ3) is 1.54. The first-order valence-electron chi connectivity index (χ1n) is 6.12. The summed E-state index contributed by atoms with van der Waals surface area (Å²) in [5.41, 5.74) is 0.855. The molecule has 1 aliphatic carbocycles. The van der Waals surface area contributed by atoms with Crippen LogP contribution >= 0.6 is 11.6 Å². The molecule has 0 unspecified atom stereocenters. The molecule has 2 aromatic rings. The van der Waals surface area contributed by atoms with E-state index in [1.165, 1.54) is 25.7 Å². The zero-order valence-electron chi connectivity index (χ0n) is 9.86. The molecule has 0 spiro atoms. The highest BCUT2D eigenvalue weighted by atomic mass is 35.5. The molecule has 1 fully saturated rings. The highest BCUT2D eigenvalue weighted by Crippen LogP contribution is 2.42. The molecule has 1 saturated carbocycles. The number of rotatable bonds is 2. The van der Waals surface area contributed by atoms with E-state index < -0.39 is 0 Å². The van der Waals surface area contributed by atoms with E-state index in [0.29, 0.717) is 10.8 Å². The van der Waals surface area contributed by atoms with Gasteiger partial charge >= 0.3 is 0 Å².